The van der Waals surface area contributed by atoms with Crippen LogP contribution in [0.15, 0.2) is 13.6 Å². The van der Waals surface area contributed by atoms with Gasteiger partial charge in [0.2, 0.25) is 0 Å². The molecule has 1 aromatic rings. The van der Waals surface area contributed by atoms with Crippen molar-refractivity contribution in [2.75, 3.05) is 20.1 Å². The van der Waals surface area contributed by atoms with E-state index in [2.05, 4.69) is 43.8 Å². The van der Waals surface area contributed by atoms with Crippen LogP contribution in [0.25, 0.3) is 0 Å². The van der Waals surface area contributed by atoms with E-state index >= 15 is 0 Å². The summed E-state index contributed by atoms with van der Waals surface area (Å²) in [7, 11) is 2.06. The van der Waals surface area contributed by atoms with Crippen molar-refractivity contribution in [3.05, 3.63) is 19.2 Å². The fourth-order valence-electron chi connectivity index (χ4n) is 2.74. The second-order valence-corrected chi connectivity index (χ2v) is 9.11. The molecule has 0 amide bonds. The molecular formula is C14H19Br2NOS. The molecule has 0 bridgehead atoms. The Morgan fingerprint density at radius 1 is 1.37 bits per heavy atom. The number of halogens is 2. The first-order chi connectivity index (χ1) is 9.06. The Hall–Kier alpha value is 0.290. The molecule has 0 aromatic carbocycles. The van der Waals surface area contributed by atoms with Gasteiger partial charge < -0.3 is 0 Å². The van der Waals surface area contributed by atoms with Crippen LogP contribution >= 0.6 is 43.2 Å². The monoisotopic (exact) mass is 407 g/mol. The molecule has 1 saturated carbocycles. The number of likely N-dealkylation sites (N-methyl/N-ethyl adjacent to an activating group) is 1. The number of rotatable bonds is 5. The number of nitrogens with zero attached hydrogens (tertiary/aromatic N) is 1. The Labute approximate surface area is 135 Å². The zero-order valence-corrected chi connectivity index (χ0v) is 15.1. The highest BCUT2D eigenvalue weighted by molar-refractivity contribution is 9.12. The van der Waals surface area contributed by atoms with E-state index in [-0.39, 0.29) is 5.78 Å². The number of thiophene rings is 1. The molecule has 0 spiro atoms. The lowest BCUT2D eigenvalue weighted by atomic mass is 9.89. The van der Waals surface area contributed by atoms with Crippen molar-refractivity contribution in [1.82, 2.24) is 4.90 Å². The molecule has 0 N–H and O–H groups in total. The SMILES string of the molecule is CN(CC(=O)c1cc(Br)sc1Br)CC1CCCCC1. The van der Waals surface area contributed by atoms with Gasteiger partial charge in [0.25, 0.3) is 0 Å². The summed E-state index contributed by atoms with van der Waals surface area (Å²) in [5.74, 6) is 0.983. The third kappa shape index (κ3) is 4.66. The highest BCUT2D eigenvalue weighted by atomic mass is 79.9. The zero-order chi connectivity index (χ0) is 13.8. The van der Waals surface area contributed by atoms with E-state index in [4.69, 9.17) is 0 Å². The number of Topliss-reactive ketones (excluding diaryl/α,β-unsaturated/α-hetero) is 1. The summed E-state index contributed by atoms with van der Waals surface area (Å²) in [4.78, 5) is 14.4. The summed E-state index contributed by atoms with van der Waals surface area (Å²) >= 11 is 8.43. The van der Waals surface area contributed by atoms with Crippen LogP contribution < -0.4 is 0 Å². The molecule has 5 heteroatoms. The van der Waals surface area contributed by atoms with Crippen LogP contribution in [0.5, 0.6) is 0 Å². The minimum Gasteiger partial charge on any atom is -0.299 e. The van der Waals surface area contributed by atoms with Gasteiger partial charge in [-0.25, -0.2) is 0 Å². The Balaban J connectivity index is 1.86. The molecule has 0 radical (unpaired) electrons. The average Bonchev–Trinajstić information content (AvgIpc) is 2.69. The van der Waals surface area contributed by atoms with Crippen LogP contribution in [0.1, 0.15) is 42.5 Å². The van der Waals surface area contributed by atoms with Gasteiger partial charge in [0.05, 0.1) is 14.1 Å². The Morgan fingerprint density at radius 3 is 2.63 bits per heavy atom. The summed E-state index contributed by atoms with van der Waals surface area (Å²) in [6.45, 7) is 1.56. The molecule has 0 saturated heterocycles. The molecule has 0 aliphatic heterocycles. The van der Waals surface area contributed by atoms with Gasteiger partial charge in [-0.15, -0.1) is 11.3 Å². The molecule has 1 aliphatic rings. The molecular weight excluding hydrogens is 390 g/mol. The maximum Gasteiger partial charge on any atom is 0.178 e. The van der Waals surface area contributed by atoms with E-state index in [1.54, 1.807) is 11.3 Å². The number of hydrogen-bond acceptors (Lipinski definition) is 3. The predicted octanol–water partition coefficient (Wildman–Crippen LogP) is 4.97. The summed E-state index contributed by atoms with van der Waals surface area (Å²) in [6.07, 6.45) is 6.75. The lowest BCUT2D eigenvalue weighted by Gasteiger charge is -2.26. The largest absolute Gasteiger partial charge is 0.299 e. The number of ketones is 1. The van der Waals surface area contributed by atoms with E-state index in [1.165, 1.54) is 32.1 Å². The molecule has 1 heterocycles. The van der Waals surface area contributed by atoms with Gasteiger partial charge in [0, 0.05) is 12.1 Å². The van der Waals surface area contributed by atoms with Crippen LogP contribution in [-0.2, 0) is 0 Å². The van der Waals surface area contributed by atoms with Crippen LogP contribution in [0.2, 0.25) is 0 Å². The standard InChI is InChI=1S/C14H19Br2NOS/c1-17(8-10-5-3-2-4-6-10)9-12(18)11-7-13(15)19-14(11)16/h7,10H,2-6,8-9H2,1H3. The van der Waals surface area contributed by atoms with Crippen LogP contribution in [0.4, 0.5) is 0 Å². The van der Waals surface area contributed by atoms with Crippen molar-refractivity contribution in [1.29, 1.82) is 0 Å². The fourth-order valence-corrected chi connectivity index (χ4v) is 5.59. The van der Waals surface area contributed by atoms with Crippen LogP contribution in [0, 0.1) is 5.92 Å². The van der Waals surface area contributed by atoms with Gasteiger partial charge in [0.1, 0.15) is 0 Å². The predicted molar refractivity (Wildman–Crippen MR) is 88.1 cm³/mol. The van der Waals surface area contributed by atoms with Gasteiger partial charge in [-0.1, -0.05) is 19.3 Å². The topological polar surface area (TPSA) is 20.3 Å². The van der Waals surface area contributed by atoms with Crippen molar-refractivity contribution in [3.8, 4) is 0 Å². The van der Waals surface area contributed by atoms with Gasteiger partial charge in [0.15, 0.2) is 5.78 Å². The molecule has 1 aliphatic carbocycles. The van der Waals surface area contributed by atoms with Crippen LogP contribution in [-0.4, -0.2) is 30.8 Å². The smallest absolute Gasteiger partial charge is 0.178 e. The van der Waals surface area contributed by atoms with Crippen molar-refractivity contribution >= 4 is 49.0 Å². The highest BCUT2D eigenvalue weighted by Gasteiger charge is 2.19. The number of carbonyl (C=O) groups excluding carboxylic acids is 1. The van der Waals surface area contributed by atoms with Gasteiger partial charge >= 0.3 is 0 Å². The fraction of sp³-hybridized carbons (Fsp3) is 0.643. The molecule has 0 atom stereocenters. The maximum atomic E-state index is 12.2. The lowest BCUT2D eigenvalue weighted by Crippen LogP contribution is -2.31. The Bertz CT molecular complexity index is 441. The summed E-state index contributed by atoms with van der Waals surface area (Å²) in [5.41, 5.74) is 0.798. The van der Waals surface area contributed by atoms with E-state index in [0.29, 0.717) is 6.54 Å². The molecule has 1 fully saturated rings. The maximum absolute atomic E-state index is 12.2. The van der Waals surface area contributed by atoms with E-state index in [0.717, 1.165) is 25.6 Å². The van der Waals surface area contributed by atoms with Crippen LogP contribution in [0.3, 0.4) is 0 Å². The molecule has 106 valence electrons. The van der Waals surface area contributed by atoms with E-state index in [1.807, 2.05) is 6.07 Å². The number of carbonyl (C=O) groups is 1. The minimum atomic E-state index is 0.201. The first-order valence-electron chi connectivity index (χ1n) is 6.73. The highest BCUT2D eigenvalue weighted by Crippen LogP contribution is 2.32. The first kappa shape index (κ1) is 15.7. The van der Waals surface area contributed by atoms with Gasteiger partial charge in [-0.2, -0.15) is 0 Å². The molecule has 2 nitrogen and oxygen atoms in total. The van der Waals surface area contributed by atoms with Gasteiger partial charge in [-0.05, 0) is 63.7 Å². The Kier molecular flexibility index (Phi) is 6.06. The third-order valence-corrected chi connectivity index (χ3v) is 6.00. The van der Waals surface area contributed by atoms with E-state index < -0.39 is 0 Å². The quantitative estimate of drug-likeness (QED) is 0.641. The first-order valence-corrected chi connectivity index (χ1v) is 9.13. The van der Waals surface area contributed by atoms with Crippen molar-refractivity contribution in [2.24, 2.45) is 5.92 Å². The molecule has 1 aromatic heterocycles. The average molecular weight is 409 g/mol. The summed E-state index contributed by atoms with van der Waals surface area (Å²) in [5, 5.41) is 0. The molecule has 19 heavy (non-hydrogen) atoms. The normalized spacial score (nSPS) is 17.1. The second-order valence-electron chi connectivity index (χ2n) is 5.36. The number of hydrogen-bond donors (Lipinski definition) is 0. The Morgan fingerprint density at radius 2 is 2.05 bits per heavy atom. The summed E-state index contributed by atoms with van der Waals surface area (Å²) < 4.78 is 1.92. The third-order valence-electron chi connectivity index (χ3n) is 3.67. The van der Waals surface area contributed by atoms with Crippen molar-refractivity contribution in [2.45, 2.75) is 32.1 Å². The molecule has 0 unspecified atom stereocenters. The van der Waals surface area contributed by atoms with Crippen molar-refractivity contribution in [3.63, 3.8) is 0 Å². The minimum absolute atomic E-state index is 0.201. The molecule has 2 rings (SSSR count). The van der Waals surface area contributed by atoms with Gasteiger partial charge in [-0.3, -0.25) is 9.69 Å². The zero-order valence-electron chi connectivity index (χ0n) is 11.1. The van der Waals surface area contributed by atoms with Crippen molar-refractivity contribution < 1.29 is 4.79 Å². The lowest BCUT2D eigenvalue weighted by molar-refractivity contribution is 0.0932. The second kappa shape index (κ2) is 7.34. The summed E-state index contributed by atoms with van der Waals surface area (Å²) in [6, 6.07) is 1.91. The van der Waals surface area contributed by atoms with E-state index in [9.17, 15) is 4.79 Å².